The molecule has 1 fully saturated rings. The van der Waals surface area contributed by atoms with Gasteiger partial charge in [0.15, 0.2) is 6.23 Å². The maximum atomic E-state index is 15.3. The molecule has 0 aliphatic carbocycles. The normalized spacial score (nSPS) is 26.0. The number of carbonyl (C=O) groups excluding carboxylic acids is 1. The number of halogens is 2. The van der Waals surface area contributed by atoms with Crippen molar-refractivity contribution in [1.82, 2.24) is 14.6 Å². The molecule has 3 N–H and O–H groups in total. The van der Waals surface area contributed by atoms with Crippen molar-refractivity contribution in [2.24, 2.45) is 0 Å². The number of aryl methyl sites for hydroxylation is 1. The third-order valence-corrected chi connectivity index (χ3v) is 7.27. The number of ether oxygens (including phenoxy) is 2. The van der Waals surface area contributed by atoms with E-state index in [1.165, 1.54) is 26.0 Å². The zero-order valence-electron chi connectivity index (χ0n) is 20.4. The molecule has 6 unspecified atom stereocenters. The van der Waals surface area contributed by atoms with Gasteiger partial charge in [0, 0.05) is 11.8 Å². The maximum Gasteiger partial charge on any atom is 0.459 e. The summed E-state index contributed by atoms with van der Waals surface area (Å²) in [5, 5.41) is 9.93. The summed E-state index contributed by atoms with van der Waals surface area (Å²) >= 11 is 5.91. The van der Waals surface area contributed by atoms with Crippen LogP contribution in [0.3, 0.4) is 0 Å². The summed E-state index contributed by atoms with van der Waals surface area (Å²) in [6.45, 7) is 5.31. The van der Waals surface area contributed by atoms with Crippen molar-refractivity contribution in [2.45, 2.75) is 63.4 Å². The molecule has 3 rings (SSSR count). The van der Waals surface area contributed by atoms with E-state index < -0.39 is 67.3 Å². The summed E-state index contributed by atoms with van der Waals surface area (Å²) in [6, 6.07) is 6.75. The highest BCUT2D eigenvalue weighted by Gasteiger charge is 2.58. The first-order valence-electron chi connectivity index (χ1n) is 11.2. The predicted molar refractivity (Wildman–Crippen MR) is 130 cm³/mol. The Bertz CT molecular complexity index is 1270. The molecule has 12 nitrogen and oxygen atoms in total. The molecule has 6 atom stereocenters. The van der Waals surface area contributed by atoms with Crippen molar-refractivity contribution < 1.29 is 37.4 Å². The van der Waals surface area contributed by atoms with Crippen LogP contribution in [0.25, 0.3) is 0 Å². The number of aliphatic hydroxyl groups excluding tert-OH is 1. The highest BCUT2D eigenvalue weighted by atomic mass is 35.5. The minimum absolute atomic E-state index is 0.0667. The smallest absolute Gasteiger partial charge is 0.459 e. The van der Waals surface area contributed by atoms with Gasteiger partial charge in [-0.15, -0.1) is 0 Å². The zero-order valence-corrected chi connectivity index (χ0v) is 22.1. The Hall–Kier alpha value is -2.54. The largest absolute Gasteiger partial charge is 0.462 e. The molecule has 1 saturated heterocycles. The highest BCUT2D eigenvalue weighted by Crippen LogP contribution is 2.48. The van der Waals surface area contributed by atoms with Gasteiger partial charge >= 0.3 is 19.4 Å². The number of rotatable bonds is 10. The molecule has 0 radical (unpaired) electrons. The molecule has 204 valence electrons. The van der Waals surface area contributed by atoms with Crippen LogP contribution in [0, 0.1) is 6.92 Å². The summed E-state index contributed by atoms with van der Waals surface area (Å²) in [7, 11) is -4.35. The van der Waals surface area contributed by atoms with Crippen LogP contribution in [0.15, 0.2) is 46.1 Å². The maximum absolute atomic E-state index is 15.3. The second-order valence-electron chi connectivity index (χ2n) is 8.66. The summed E-state index contributed by atoms with van der Waals surface area (Å²) in [5.74, 6) is -0.606. The van der Waals surface area contributed by atoms with Crippen LogP contribution >= 0.6 is 19.3 Å². The average Bonchev–Trinajstić information content (AvgIpc) is 3.03. The Morgan fingerprint density at radius 2 is 1.97 bits per heavy atom. The number of aliphatic hydroxyl groups is 1. The first-order valence-corrected chi connectivity index (χ1v) is 13.2. The minimum atomic E-state index is -4.35. The number of benzene rings is 1. The van der Waals surface area contributed by atoms with Crippen molar-refractivity contribution in [3.63, 3.8) is 0 Å². The molecule has 1 aliphatic heterocycles. The topological polar surface area (TPSA) is 158 Å². The van der Waals surface area contributed by atoms with Crippen molar-refractivity contribution in [1.29, 1.82) is 0 Å². The number of carbonyl (C=O) groups is 1. The van der Waals surface area contributed by atoms with E-state index in [1.807, 2.05) is 4.98 Å². The lowest BCUT2D eigenvalue weighted by Crippen LogP contribution is -2.42. The van der Waals surface area contributed by atoms with Gasteiger partial charge in [-0.05, 0) is 39.8 Å². The first kappa shape index (κ1) is 29.0. The lowest BCUT2D eigenvalue weighted by molar-refractivity contribution is -0.149. The van der Waals surface area contributed by atoms with Crippen LogP contribution in [-0.2, 0) is 23.4 Å². The number of aromatic amines is 1. The second-order valence-corrected chi connectivity index (χ2v) is 10.9. The fourth-order valence-corrected chi connectivity index (χ4v) is 5.17. The standard InChI is InChI=1S/C22H28ClFN3O9P/c1-12(2)34-19(30)14(4)26-37(32,36-15-8-6-5-7-9-15)33-11-16-17(28)22(23,24)20(35-16)27-10-13(3)18(29)25-21(27)31/h5-10,12,14,16-17,20,28H,11H2,1-4H3,(H,26,32)(H,25,29,31). The quantitative estimate of drug-likeness (QED) is 0.222. The minimum Gasteiger partial charge on any atom is -0.462 e. The summed E-state index contributed by atoms with van der Waals surface area (Å²) in [4.78, 5) is 38.2. The third kappa shape index (κ3) is 6.86. The number of hydrogen-bond acceptors (Lipinski definition) is 9. The van der Waals surface area contributed by atoms with E-state index in [0.29, 0.717) is 4.57 Å². The molecule has 1 aliphatic rings. The van der Waals surface area contributed by atoms with Crippen LogP contribution in [0.4, 0.5) is 4.39 Å². The molecule has 0 spiro atoms. The van der Waals surface area contributed by atoms with Gasteiger partial charge < -0.3 is 19.1 Å². The van der Waals surface area contributed by atoms with E-state index >= 15 is 4.39 Å². The summed E-state index contributed by atoms with van der Waals surface area (Å²) < 4.78 is 51.1. The van der Waals surface area contributed by atoms with Crippen LogP contribution < -0.4 is 20.9 Å². The van der Waals surface area contributed by atoms with Crippen LogP contribution in [-0.4, -0.2) is 56.7 Å². The molecule has 0 saturated carbocycles. The fraction of sp³-hybridized carbons (Fsp3) is 0.500. The molecule has 0 bridgehead atoms. The third-order valence-electron chi connectivity index (χ3n) is 5.21. The Morgan fingerprint density at radius 1 is 1.32 bits per heavy atom. The van der Waals surface area contributed by atoms with Gasteiger partial charge in [-0.3, -0.25) is 23.7 Å². The van der Waals surface area contributed by atoms with Gasteiger partial charge in [0.25, 0.3) is 10.7 Å². The monoisotopic (exact) mass is 563 g/mol. The Balaban J connectivity index is 1.82. The number of nitrogens with one attached hydrogen (secondary N) is 2. The molecule has 37 heavy (non-hydrogen) atoms. The number of H-pyrrole nitrogens is 1. The summed E-state index contributed by atoms with van der Waals surface area (Å²) in [5.41, 5.74) is -1.64. The molecular weight excluding hydrogens is 536 g/mol. The van der Waals surface area contributed by atoms with Crippen molar-refractivity contribution in [3.8, 4) is 5.75 Å². The van der Waals surface area contributed by atoms with E-state index in [9.17, 15) is 24.1 Å². The van der Waals surface area contributed by atoms with Crippen molar-refractivity contribution in [3.05, 3.63) is 62.9 Å². The molecule has 2 heterocycles. The van der Waals surface area contributed by atoms with Crippen LogP contribution in [0.5, 0.6) is 5.75 Å². The number of alkyl halides is 2. The molecular formula is C22H28ClFN3O9P. The highest BCUT2D eigenvalue weighted by molar-refractivity contribution is 7.52. The molecule has 15 heteroatoms. The fourth-order valence-electron chi connectivity index (χ4n) is 3.37. The zero-order chi connectivity index (χ0) is 27.5. The van der Waals surface area contributed by atoms with Crippen LogP contribution in [0.2, 0.25) is 0 Å². The summed E-state index contributed by atoms with van der Waals surface area (Å²) in [6.07, 6.45) is -4.84. The van der Waals surface area contributed by atoms with Gasteiger partial charge in [-0.1, -0.05) is 29.8 Å². The molecule has 1 aromatic carbocycles. The molecule has 2 aromatic rings. The van der Waals surface area contributed by atoms with Gasteiger partial charge in [0.2, 0.25) is 0 Å². The van der Waals surface area contributed by atoms with Gasteiger partial charge in [-0.25, -0.2) is 13.8 Å². The second kappa shape index (κ2) is 11.5. The Morgan fingerprint density at radius 3 is 2.59 bits per heavy atom. The van der Waals surface area contributed by atoms with E-state index in [4.69, 9.17) is 30.1 Å². The number of nitrogens with zero attached hydrogens (tertiary/aromatic N) is 1. The van der Waals surface area contributed by atoms with Gasteiger partial charge in [-0.2, -0.15) is 5.09 Å². The van der Waals surface area contributed by atoms with Crippen molar-refractivity contribution in [2.75, 3.05) is 6.61 Å². The molecule has 0 amide bonds. The predicted octanol–water partition coefficient (Wildman–Crippen LogP) is 2.14. The number of esters is 1. The SMILES string of the molecule is Cc1cn(C2OC(COP(=O)(NC(C)C(=O)OC(C)C)Oc3ccccc3)C(O)C2(F)Cl)c(=O)[nH]c1=O. The number of hydrogen-bond donors (Lipinski definition) is 3. The average molecular weight is 564 g/mol. The van der Waals surface area contributed by atoms with Crippen LogP contribution in [0.1, 0.15) is 32.6 Å². The van der Waals surface area contributed by atoms with Gasteiger partial charge in [0.05, 0.1) is 12.7 Å². The van der Waals surface area contributed by atoms with E-state index in [0.717, 1.165) is 6.20 Å². The Kier molecular flexibility index (Phi) is 8.99. The van der Waals surface area contributed by atoms with Crippen molar-refractivity contribution >= 4 is 25.3 Å². The number of aromatic nitrogens is 2. The lowest BCUT2D eigenvalue weighted by Gasteiger charge is -2.25. The van der Waals surface area contributed by atoms with E-state index in [-0.39, 0.29) is 11.3 Å². The van der Waals surface area contributed by atoms with E-state index in [2.05, 4.69) is 5.09 Å². The van der Waals surface area contributed by atoms with E-state index in [1.54, 1.807) is 32.0 Å². The first-order chi connectivity index (χ1) is 17.2. The molecule has 1 aromatic heterocycles. The lowest BCUT2D eigenvalue weighted by atomic mass is 10.1. The van der Waals surface area contributed by atoms with Gasteiger partial charge in [0.1, 0.15) is 24.0 Å². The Labute approximate surface area is 216 Å². The number of para-hydroxylation sites is 1.